The minimum atomic E-state index is -1.04. The van der Waals surface area contributed by atoms with E-state index in [1.165, 1.54) is 0 Å². The van der Waals surface area contributed by atoms with E-state index < -0.39 is 17.9 Å². The number of hydrogen-bond donors (Lipinski definition) is 3. The van der Waals surface area contributed by atoms with Gasteiger partial charge in [0.15, 0.2) is 0 Å². The van der Waals surface area contributed by atoms with Gasteiger partial charge in [0.2, 0.25) is 5.91 Å². The average Bonchev–Trinajstić information content (AvgIpc) is 3.14. The predicted molar refractivity (Wildman–Crippen MR) is 95.4 cm³/mol. The van der Waals surface area contributed by atoms with E-state index >= 15 is 0 Å². The standard InChI is InChI=1S/C19H28N2O4/c1-12(14-8-5-4-6-9-14)16(19(23)24)21-18(22)13(2)17(25-3)15-10-7-11-20-15/h4-6,8-9,12-13,15-17,20H,7,10-11H2,1-3H3,(H,21,22)(H,23,24)/t12-,13+,15-,16-,17+/m0/s1. The van der Waals surface area contributed by atoms with Crippen LogP contribution in [-0.2, 0) is 14.3 Å². The quantitative estimate of drug-likeness (QED) is 0.666. The fraction of sp³-hybridized carbons (Fsp3) is 0.579. The number of benzene rings is 1. The van der Waals surface area contributed by atoms with Crippen LogP contribution < -0.4 is 10.6 Å². The number of carbonyl (C=O) groups is 2. The zero-order chi connectivity index (χ0) is 18.4. The van der Waals surface area contributed by atoms with Crippen molar-refractivity contribution in [3.8, 4) is 0 Å². The lowest BCUT2D eigenvalue weighted by atomic mass is 9.91. The lowest BCUT2D eigenvalue weighted by Crippen LogP contribution is -2.51. The summed E-state index contributed by atoms with van der Waals surface area (Å²) in [5.74, 6) is -2.11. The van der Waals surface area contributed by atoms with Gasteiger partial charge in [0, 0.05) is 19.1 Å². The summed E-state index contributed by atoms with van der Waals surface area (Å²) >= 11 is 0. The normalized spacial score (nSPS) is 22.0. The van der Waals surface area contributed by atoms with Gasteiger partial charge in [-0.2, -0.15) is 0 Å². The molecule has 1 amide bonds. The third kappa shape index (κ3) is 4.80. The van der Waals surface area contributed by atoms with E-state index in [-0.39, 0.29) is 24.0 Å². The highest BCUT2D eigenvalue weighted by molar-refractivity contribution is 5.85. The SMILES string of the molecule is CO[C@@H]([C@@H]1CCCN1)[C@@H](C)C(=O)N[C@H](C(=O)O)[C@@H](C)c1ccccc1. The third-order valence-corrected chi connectivity index (χ3v) is 5.06. The van der Waals surface area contributed by atoms with Crippen molar-refractivity contribution in [2.24, 2.45) is 5.92 Å². The number of nitrogens with one attached hydrogen (secondary N) is 2. The van der Waals surface area contributed by atoms with Crippen LogP contribution in [0.3, 0.4) is 0 Å². The lowest BCUT2D eigenvalue weighted by molar-refractivity contribution is -0.144. The molecule has 138 valence electrons. The van der Waals surface area contributed by atoms with Crippen molar-refractivity contribution in [2.75, 3.05) is 13.7 Å². The number of hydrogen-bond acceptors (Lipinski definition) is 4. The van der Waals surface area contributed by atoms with E-state index in [0.29, 0.717) is 0 Å². The molecule has 6 nitrogen and oxygen atoms in total. The summed E-state index contributed by atoms with van der Waals surface area (Å²) in [5, 5.41) is 15.6. The van der Waals surface area contributed by atoms with Crippen molar-refractivity contribution < 1.29 is 19.4 Å². The number of aliphatic carboxylic acids is 1. The number of rotatable bonds is 8. The molecule has 0 bridgehead atoms. The van der Waals surface area contributed by atoms with Crippen LogP contribution in [0.1, 0.15) is 38.2 Å². The Hall–Kier alpha value is -1.92. The summed E-state index contributed by atoms with van der Waals surface area (Å²) < 4.78 is 5.53. The van der Waals surface area contributed by atoms with Crippen molar-refractivity contribution in [2.45, 2.75) is 50.8 Å². The topological polar surface area (TPSA) is 87.7 Å². The second kappa shape index (κ2) is 8.97. The van der Waals surface area contributed by atoms with Crippen LogP contribution in [0.25, 0.3) is 0 Å². The van der Waals surface area contributed by atoms with E-state index in [2.05, 4.69) is 10.6 Å². The van der Waals surface area contributed by atoms with Crippen LogP contribution in [0.15, 0.2) is 30.3 Å². The molecular weight excluding hydrogens is 320 g/mol. The van der Waals surface area contributed by atoms with E-state index in [4.69, 9.17) is 4.74 Å². The summed E-state index contributed by atoms with van der Waals surface area (Å²) in [6.45, 7) is 4.52. The molecule has 0 spiro atoms. The van der Waals surface area contributed by atoms with E-state index in [9.17, 15) is 14.7 Å². The Morgan fingerprint density at radius 3 is 2.48 bits per heavy atom. The molecule has 0 aliphatic carbocycles. The summed E-state index contributed by atoms with van der Waals surface area (Å²) in [4.78, 5) is 24.4. The summed E-state index contributed by atoms with van der Waals surface area (Å²) in [7, 11) is 1.59. The maximum absolute atomic E-state index is 12.7. The summed E-state index contributed by atoms with van der Waals surface area (Å²) in [6, 6.07) is 8.49. The molecule has 1 aliphatic rings. The van der Waals surface area contributed by atoms with Crippen molar-refractivity contribution in [1.82, 2.24) is 10.6 Å². The molecule has 0 unspecified atom stereocenters. The Balaban J connectivity index is 2.07. The molecule has 5 atom stereocenters. The average molecular weight is 348 g/mol. The molecule has 0 aromatic heterocycles. The molecule has 2 rings (SSSR count). The van der Waals surface area contributed by atoms with Crippen LogP contribution in [-0.4, -0.2) is 48.8 Å². The second-order valence-corrected chi connectivity index (χ2v) is 6.72. The maximum Gasteiger partial charge on any atom is 0.326 e. The number of carbonyl (C=O) groups excluding carboxylic acids is 1. The van der Waals surface area contributed by atoms with E-state index in [0.717, 1.165) is 24.9 Å². The van der Waals surface area contributed by atoms with Crippen LogP contribution in [0.2, 0.25) is 0 Å². The van der Waals surface area contributed by atoms with Crippen LogP contribution in [0.4, 0.5) is 0 Å². The number of amides is 1. The fourth-order valence-electron chi connectivity index (χ4n) is 3.49. The molecule has 25 heavy (non-hydrogen) atoms. The molecular formula is C19H28N2O4. The highest BCUT2D eigenvalue weighted by Gasteiger charge is 2.35. The second-order valence-electron chi connectivity index (χ2n) is 6.72. The van der Waals surface area contributed by atoms with Crippen LogP contribution >= 0.6 is 0 Å². The van der Waals surface area contributed by atoms with Crippen LogP contribution in [0.5, 0.6) is 0 Å². The van der Waals surface area contributed by atoms with Gasteiger partial charge in [0.25, 0.3) is 0 Å². The minimum Gasteiger partial charge on any atom is -0.480 e. The molecule has 1 aliphatic heterocycles. The van der Waals surface area contributed by atoms with Gasteiger partial charge in [0.05, 0.1) is 12.0 Å². The largest absolute Gasteiger partial charge is 0.480 e. The number of carboxylic acid groups (broad SMARTS) is 1. The Kier molecular flexibility index (Phi) is 6.96. The van der Waals surface area contributed by atoms with Crippen molar-refractivity contribution in [1.29, 1.82) is 0 Å². The van der Waals surface area contributed by atoms with Gasteiger partial charge in [-0.1, -0.05) is 44.2 Å². The predicted octanol–water partition coefficient (Wildman–Crippen LogP) is 1.76. The molecule has 1 fully saturated rings. The summed E-state index contributed by atoms with van der Waals surface area (Å²) in [5.41, 5.74) is 0.878. The zero-order valence-electron chi connectivity index (χ0n) is 15.1. The van der Waals surface area contributed by atoms with Crippen LogP contribution in [0, 0.1) is 5.92 Å². The molecule has 1 heterocycles. The third-order valence-electron chi connectivity index (χ3n) is 5.06. The number of carboxylic acids is 1. The first-order chi connectivity index (χ1) is 12.0. The minimum absolute atomic E-state index is 0.126. The van der Waals surface area contributed by atoms with Crippen molar-refractivity contribution >= 4 is 11.9 Å². The first kappa shape index (κ1) is 19.4. The number of methoxy groups -OCH3 is 1. The first-order valence-corrected chi connectivity index (χ1v) is 8.80. The molecule has 6 heteroatoms. The lowest BCUT2D eigenvalue weighted by Gasteiger charge is -2.29. The Bertz CT molecular complexity index is 572. The Labute approximate surface area is 149 Å². The van der Waals surface area contributed by atoms with Gasteiger partial charge in [-0.15, -0.1) is 0 Å². The zero-order valence-corrected chi connectivity index (χ0v) is 15.1. The monoisotopic (exact) mass is 348 g/mol. The molecule has 0 radical (unpaired) electrons. The Morgan fingerprint density at radius 2 is 1.96 bits per heavy atom. The van der Waals surface area contributed by atoms with Gasteiger partial charge in [-0.25, -0.2) is 4.79 Å². The van der Waals surface area contributed by atoms with Gasteiger partial charge >= 0.3 is 5.97 Å². The highest BCUT2D eigenvalue weighted by atomic mass is 16.5. The molecule has 1 aromatic rings. The van der Waals surface area contributed by atoms with Gasteiger partial charge in [-0.05, 0) is 24.9 Å². The molecule has 1 saturated heterocycles. The van der Waals surface area contributed by atoms with E-state index in [1.54, 1.807) is 14.0 Å². The maximum atomic E-state index is 12.7. The molecule has 0 saturated carbocycles. The smallest absolute Gasteiger partial charge is 0.326 e. The Morgan fingerprint density at radius 1 is 1.28 bits per heavy atom. The fourth-order valence-corrected chi connectivity index (χ4v) is 3.49. The molecule has 1 aromatic carbocycles. The van der Waals surface area contributed by atoms with Gasteiger partial charge in [-0.3, -0.25) is 4.79 Å². The van der Waals surface area contributed by atoms with E-state index in [1.807, 2.05) is 37.3 Å². The summed E-state index contributed by atoms with van der Waals surface area (Å²) in [6.07, 6.45) is 1.74. The highest BCUT2D eigenvalue weighted by Crippen LogP contribution is 2.22. The molecule has 3 N–H and O–H groups in total. The number of ether oxygens (including phenoxy) is 1. The van der Waals surface area contributed by atoms with Crippen molar-refractivity contribution in [3.05, 3.63) is 35.9 Å². The first-order valence-electron chi connectivity index (χ1n) is 8.80. The van der Waals surface area contributed by atoms with Gasteiger partial charge < -0.3 is 20.5 Å². The van der Waals surface area contributed by atoms with Crippen molar-refractivity contribution in [3.63, 3.8) is 0 Å². The van der Waals surface area contributed by atoms with Gasteiger partial charge in [0.1, 0.15) is 6.04 Å².